The molecule has 0 spiro atoms. The van der Waals surface area contributed by atoms with Gasteiger partial charge in [0, 0.05) is 35.9 Å². The van der Waals surface area contributed by atoms with Crippen molar-refractivity contribution in [2.24, 2.45) is 4.99 Å². The highest BCUT2D eigenvalue weighted by molar-refractivity contribution is 8.00. The highest BCUT2D eigenvalue weighted by Crippen LogP contribution is 2.33. The van der Waals surface area contributed by atoms with Gasteiger partial charge >= 0.3 is 0 Å². The molecule has 1 aliphatic heterocycles. The van der Waals surface area contributed by atoms with Gasteiger partial charge in [-0.15, -0.1) is 11.8 Å². The van der Waals surface area contributed by atoms with Gasteiger partial charge in [0.05, 0.1) is 6.54 Å². The molecule has 0 unspecified atom stereocenters. The summed E-state index contributed by atoms with van der Waals surface area (Å²) in [6.07, 6.45) is 5.32. The molecule has 0 bridgehead atoms. The Morgan fingerprint density at radius 2 is 1.96 bits per heavy atom. The molecule has 1 aromatic rings. The van der Waals surface area contributed by atoms with Gasteiger partial charge in [-0.1, -0.05) is 0 Å². The van der Waals surface area contributed by atoms with Crippen molar-refractivity contribution < 1.29 is 9.13 Å². The van der Waals surface area contributed by atoms with Crippen molar-refractivity contribution in [1.29, 1.82) is 0 Å². The van der Waals surface area contributed by atoms with E-state index in [1.807, 2.05) is 23.9 Å². The fourth-order valence-electron chi connectivity index (χ4n) is 2.73. The molecule has 1 aromatic carbocycles. The molecule has 4 nitrogen and oxygen atoms in total. The lowest BCUT2D eigenvalue weighted by atomic mass is 9.99. The van der Waals surface area contributed by atoms with Gasteiger partial charge in [-0.2, -0.15) is 11.8 Å². The van der Waals surface area contributed by atoms with Gasteiger partial charge < -0.3 is 15.4 Å². The molecule has 0 amide bonds. The number of thioether (sulfide) groups is 2. The van der Waals surface area contributed by atoms with Crippen LogP contribution in [0.1, 0.15) is 26.2 Å². The summed E-state index contributed by atoms with van der Waals surface area (Å²) in [5.74, 6) is 1.69. The maximum absolute atomic E-state index is 12.9. The number of nitrogens with one attached hydrogen (secondary N) is 2. The zero-order valence-corrected chi connectivity index (χ0v) is 17.4. The van der Waals surface area contributed by atoms with Gasteiger partial charge in [0.1, 0.15) is 5.82 Å². The Bertz CT molecular complexity index is 548. The summed E-state index contributed by atoms with van der Waals surface area (Å²) < 4.78 is 18.6. The number of ether oxygens (including phenoxy) is 1. The van der Waals surface area contributed by atoms with Crippen molar-refractivity contribution in [3.05, 3.63) is 30.1 Å². The summed E-state index contributed by atoms with van der Waals surface area (Å²) in [7, 11) is 0. The van der Waals surface area contributed by atoms with Crippen LogP contribution in [-0.2, 0) is 4.74 Å². The second kappa shape index (κ2) is 11.7. The Kier molecular flexibility index (Phi) is 9.64. The standard InChI is InChI=1S/C19H30FN3OS2/c1-3-21-18(23-15-19(25-2)9-12-24-13-10-19)22-11-4-14-26-17-7-5-16(20)6-8-17/h5-8H,3-4,9-15H2,1-2H3,(H2,21,22,23). The van der Waals surface area contributed by atoms with Gasteiger partial charge in [0.25, 0.3) is 0 Å². The molecule has 1 aliphatic rings. The molecule has 7 heteroatoms. The molecule has 0 saturated carbocycles. The molecule has 2 rings (SSSR count). The van der Waals surface area contributed by atoms with Gasteiger partial charge in [-0.3, -0.25) is 4.99 Å². The van der Waals surface area contributed by atoms with E-state index in [-0.39, 0.29) is 10.6 Å². The molecule has 0 aliphatic carbocycles. The van der Waals surface area contributed by atoms with Crippen LogP contribution in [0.4, 0.5) is 4.39 Å². The summed E-state index contributed by atoms with van der Waals surface area (Å²) in [4.78, 5) is 5.92. The van der Waals surface area contributed by atoms with E-state index in [1.165, 1.54) is 12.1 Å². The van der Waals surface area contributed by atoms with Gasteiger partial charge in [-0.05, 0) is 62.5 Å². The lowest BCUT2D eigenvalue weighted by Gasteiger charge is -2.34. The number of aliphatic imine (C=N–C) groups is 1. The number of benzene rings is 1. The number of halogens is 1. The van der Waals surface area contributed by atoms with E-state index >= 15 is 0 Å². The molecule has 1 heterocycles. The number of guanidine groups is 1. The number of nitrogens with zero attached hydrogens (tertiary/aromatic N) is 1. The number of hydrogen-bond acceptors (Lipinski definition) is 4. The maximum atomic E-state index is 12.9. The fraction of sp³-hybridized carbons (Fsp3) is 0.632. The average molecular weight is 400 g/mol. The Labute approximate surface area is 165 Å². The Morgan fingerprint density at radius 3 is 2.62 bits per heavy atom. The van der Waals surface area contributed by atoms with Crippen molar-refractivity contribution >= 4 is 29.5 Å². The molecule has 2 N–H and O–H groups in total. The smallest absolute Gasteiger partial charge is 0.191 e. The molecule has 0 radical (unpaired) electrons. The highest BCUT2D eigenvalue weighted by atomic mass is 32.2. The summed E-state index contributed by atoms with van der Waals surface area (Å²) >= 11 is 3.66. The summed E-state index contributed by atoms with van der Waals surface area (Å²) in [6, 6.07) is 6.67. The minimum atomic E-state index is -0.185. The molecule has 0 aromatic heterocycles. The van der Waals surface area contributed by atoms with E-state index < -0.39 is 0 Å². The van der Waals surface area contributed by atoms with E-state index in [4.69, 9.17) is 9.73 Å². The second-order valence-electron chi connectivity index (χ2n) is 6.28. The van der Waals surface area contributed by atoms with E-state index in [1.54, 1.807) is 11.8 Å². The zero-order chi connectivity index (χ0) is 18.7. The monoisotopic (exact) mass is 399 g/mol. The average Bonchev–Trinajstić information content (AvgIpc) is 2.68. The third kappa shape index (κ3) is 7.37. The van der Waals surface area contributed by atoms with Crippen molar-refractivity contribution in [2.75, 3.05) is 44.9 Å². The summed E-state index contributed by atoms with van der Waals surface area (Å²) in [6.45, 7) is 6.29. The lowest BCUT2D eigenvalue weighted by Crippen LogP contribution is -2.41. The second-order valence-corrected chi connectivity index (χ2v) is 8.72. The maximum Gasteiger partial charge on any atom is 0.191 e. The van der Waals surface area contributed by atoms with E-state index in [0.717, 1.165) is 68.7 Å². The third-order valence-corrected chi connectivity index (χ3v) is 6.90. The van der Waals surface area contributed by atoms with Crippen LogP contribution in [-0.4, -0.2) is 55.6 Å². The van der Waals surface area contributed by atoms with Gasteiger partial charge in [-0.25, -0.2) is 4.39 Å². The van der Waals surface area contributed by atoms with Gasteiger partial charge in [0.15, 0.2) is 5.96 Å². The molecule has 26 heavy (non-hydrogen) atoms. The van der Waals surface area contributed by atoms with E-state index in [2.05, 4.69) is 23.8 Å². The Balaban J connectivity index is 1.73. The first-order valence-electron chi connectivity index (χ1n) is 9.21. The van der Waals surface area contributed by atoms with Crippen LogP contribution in [0.5, 0.6) is 0 Å². The first kappa shape index (κ1) is 21.4. The molecule has 1 fully saturated rings. The van der Waals surface area contributed by atoms with Crippen LogP contribution in [0.3, 0.4) is 0 Å². The predicted octanol–water partition coefficient (Wildman–Crippen LogP) is 3.78. The largest absolute Gasteiger partial charge is 0.381 e. The number of hydrogen-bond donors (Lipinski definition) is 2. The number of rotatable bonds is 9. The summed E-state index contributed by atoms with van der Waals surface area (Å²) in [5.41, 5.74) is 0. The van der Waals surface area contributed by atoms with Crippen LogP contribution in [0.2, 0.25) is 0 Å². The van der Waals surface area contributed by atoms with Crippen molar-refractivity contribution in [3.8, 4) is 0 Å². The van der Waals surface area contributed by atoms with Crippen LogP contribution >= 0.6 is 23.5 Å². The molecule has 0 atom stereocenters. The Morgan fingerprint density at radius 1 is 1.23 bits per heavy atom. The normalized spacial score (nSPS) is 17.1. The molecule has 1 saturated heterocycles. The quantitative estimate of drug-likeness (QED) is 0.286. The lowest BCUT2D eigenvalue weighted by molar-refractivity contribution is 0.0794. The van der Waals surface area contributed by atoms with Crippen LogP contribution in [0.25, 0.3) is 0 Å². The summed E-state index contributed by atoms with van der Waals surface area (Å²) in [5, 5.41) is 6.75. The minimum Gasteiger partial charge on any atom is -0.381 e. The zero-order valence-electron chi connectivity index (χ0n) is 15.7. The molecular formula is C19H30FN3OS2. The van der Waals surface area contributed by atoms with Crippen LogP contribution in [0, 0.1) is 5.82 Å². The SMILES string of the molecule is CCNC(=NCC1(SC)CCOCC1)NCCCSc1ccc(F)cc1. The topological polar surface area (TPSA) is 45.7 Å². The van der Waals surface area contributed by atoms with Crippen molar-refractivity contribution in [1.82, 2.24) is 10.6 Å². The Hall–Kier alpha value is -0.920. The fourth-order valence-corrected chi connectivity index (χ4v) is 4.36. The van der Waals surface area contributed by atoms with E-state index in [9.17, 15) is 4.39 Å². The van der Waals surface area contributed by atoms with Gasteiger partial charge in [0.2, 0.25) is 0 Å². The van der Waals surface area contributed by atoms with E-state index in [0.29, 0.717) is 0 Å². The van der Waals surface area contributed by atoms with Crippen molar-refractivity contribution in [2.45, 2.75) is 35.8 Å². The first-order valence-corrected chi connectivity index (χ1v) is 11.4. The molecular weight excluding hydrogens is 369 g/mol. The first-order chi connectivity index (χ1) is 12.7. The third-order valence-electron chi connectivity index (χ3n) is 4.40. The molecule has 146 valence electrons. The van der Waals surface area contributed by atoms with Crippen molar-refractivity contribution in [3.63, 3.8) is 0 Å². The minimum absolute atomic E-state index is 0.185. The predicted molar refractivity (Wildman–Crippen MR) is 112 cm³/mol. The van der Waals surface area contributed by atoms with Crippen LogP contribution in [0.15, 0.2) is 34.2 Å². The van der Waals surface area contributed by atoms with Crippen LogP contribution < -0.4 is 10.6 Å². The highest BCUT2D eigenvalue weighted by Gasteiger charge is 2.31.